The molecule has 2 N–H and O–H groups in total. The maximum absolute atomic E-state index is 13.6. The van der Waals surface area contributed by atoms with Crippen LogP contribution in [-0.2, 0) is 14.3 Å². The van der Waals surface area contributed by atoms with Crippen LogP contribution >= 0.6 is 23.2 Å². The summed E-state index contributed by atoms with van der Waals surface area (Å²) in [7, 11) is 1.19. The zero-order valence-electron chi connectivity index (χ0n) is 22.5. The van der Waals surface area contributed by atoms with Crippen molar-refractivity contribution in [2.24, 2.45) is 0 Å². The van der Waals surface area contributed by atoms with Gasteiger partial charge in [-0.2, -0.15) is 0 Å². The highest BCUT2D eigenvalue weighted by molar-refractivity contribution is 6.39. The molecule has 12 heteroatoms. The Morgan fingerprint density at radius 1 is 1.02 bits per heavy atom. The highest BCUT2D eigenvalue weighted by Gasteiger charge is 2.53. The molecule has 0 radical (unpaired) electrons. The summed E-state index contributed by atoms with van der Waals surface area (Å²) in [4.78, 5) is 57.5. The minimum Gasteiger partial charge on any atom is -0.467 e. The van der Waals surface area contributed by atoms with Crippen LogP contribution in [0.2, 0.25) is 10.0 Å². The average molecular weight is 591 g/mol. The third kappa shape index (κ3) is 5.97. The Bertz CT molecular complexity index is 1230. The molecule has 2 aliphatic rings. The first-order valence-electron chi connectivity index (χ1n) is 13.2. The van der Waals surface area contributed by atoms with Crippen LogP contribution in [0.4, 0.5) is 10.5 Å². The molecule has 1 unspecified atom stereocenters. The molecule has 2 fully saturated rings. The normalized spacial score (nSPS) is 17.1. The molecular weight excluding hydrogens is 557 g/mol. The minimum absolute atomic E-state index is 0.0220. The van der Waals surface area contributed by atoms with E-state index in [1.165, 1.54) is 19.2 Å². The lowest BCUT2D eigenvalue weighted by atomic mass is 9.85. The molecule has 0 aliphatic carbocycles. The molecule has 2 aromatic carbocycles. The van der Waals surface area contributed by atoms with Crippen molar-refractivity contribution < 1.29 is 23.9 Å². The number of nitrogens with zero attached hydrogens (tertiary/aromatic N) is 3. The number of halogens is 2. The van der Waals surface area contributed by atoms with E-state index in [0.29, 0.717) is 39.1 Å². The number of hydrogen-bond acceptors (Lipinski definition) is 6. The number of methoxy groups -OCH3 is 1. The number of hydrogen-bond donors (Lipinski definition) is 2. The summed E-state index contributed by atoms with van der Waals surface area (Å²) >= 11 is 12.2. The number of likely N-dealkylation sites (tertiary alicyclic amines) is 1. The topological polar surface area (TPSA) is 111 Å². The SMILES string of the molecule is CCCN1CN(c2ccccc2)C2(CCN(C(=O)NCC(NC(=O)c3c(Cl)cccc3Cl)C(=O)OC)CC2)C1=O. The lowest BCUT2D eigenvalue weighted by Crippen LogP contribution is -2.59. The number of rotatable bonds is 8. The van der Waals surface area contributed by atoms with Gasteiger partial charge in [0, 0.05) is 25.3 Å². The molecule has 2 saturated heterocycles. The van der Waals surface area contributed by atoms with Crippen LogP contribution in [0.15, 0.2) is 48.5 Å². The summed E-state index contributed by atoms with van der Waals surface area (Å²) in [6.07, 6.45) is 1.80. The Morgan fingerprint density at radius 2 is 1.68 bits per heavy atom. The molecule has 40 heavy (non-hydrogen) atoms. The summed E-state index contributed by atoms with van der Waals surface area (Å²) in [5, 5.41) is 5.51. The number of carbonyl (C=O) groups excluding carboxylic acids is 4. The Labute approximate surface area is 243 Å². The van der Waals surface area contributed by atoms with Gasteiger partial charge in [0.05, 0.1) is 35.9 Å². The van der Waals surface area contributed by atoms with Crippen molar-refractivity contribution in [3.63, 3.8) is 0 Å². The molecule has 0 saturated carbocycles. The Kier molecular flexibility index (Phi) is 9.42. The number of amides is 4. The van der Waals surface area contributed by atoms with Crippen LogP contribution in [0, 0.1) is 0 Å². The number of piperidine rings is 1. The van der Waals surface area contributed by atoms with Gasteiger partial charge in [0.2, 0.25) is 5.91 Å². The van der Waals surface area contributed by atoms with E-state index in [1.54, 1.807) is 11.0 Å². The van der Waals surface area contributed by atoms with Crippen LogP contribution in [0.5, 0.6) is 0 Å². The van der Waals surface area contributed by atoms with Crippen molar-refractivity contribution >= 4 is 52.7 Å². The number of carbonyl (C=O) groups is 4. The summed E-state index contributed by atoms with van der Waals surface area (Å²) in [6.45, 7) is 3.73. The molecule has 4 rings (SSSR count). The molecule has 2 aliphatic heterocycles. The number of nitrogens with one attached hydrogen (secondary N) is 2. The van der Waals surface area contributed by atoms with E-state index < -0.39 is 29.5 Å². The number of benzene rings is 2. The highest BCUT2D eigenvalue weighted by Crippen LogP contribution is 2.39. The molecule has 10 nitrogen and oxygen atoms in total. The second-order valence-corrected chi connectivity index (χ2v) is 10.6. The van der Waals surface area contributed by atoms with Gasteiger partial charge in [-0.05, 0) is 43.5 Å². The summed E-state index contributed by atoms with van der Waals surface area (Å²) in [6, 6.07) is 12.9. The van der Waals surface area contributed by atoms with Crippen molar-refractivity contribution in [2.45, 2.75) is 37.8 Å². The number of ether oxygens (including phenoxy) is 1. The van der Waals surface area contributed by atoms with Crippen molar-refractivity contribution in [2.75, 3.05) is 44.9 Å². The lowest BCUT2D eigenvalue weighted by molar-refractivity contribution is -0.142. The van der Waals surface area contributed by atoms with Crippen LogP contribution in [0.1, 0.15) is 36.5 Å². The van der Waals surface area contributed by atoms with Gasteiger partial charge in [-0.1, -0.05) is 54.4 Å². The average Bonchev–Trinajstić information content (AvgIpc) is 3.21. The van der Waals surface area contributed by atoms with Crippen molar-refractivity contribution in [1.29, 1.82) is 0 Å². The molecule has 1 spiro atoms. The van der Waals surface area contributed by atoms with Gasteiger partial charge in [0.15, 0.2) is 0 Å². The van der Waals surface area contributed by atoms with Crippen molar-refractivity contribution in [3.8, 4) is 0 Å². The number of urea groups is 1. The van der Waals surface area contributed by atoms with E-state index in [-0.39, 0.29) is 28.1 Å². The van der Waals surface area contributed by atoms with Gasteiger partial charge in [-0.15, -0.1) is 0 Å². The van der Waals surface area contributed by atoms with E-state index in [1.807, 2.05) is 42.2 Å². The van der Waals surface area contributed by atoms with Gasteiger partial charge in [0.25, 0.3) is 5.91 Å². The minimum atomic E-state index is -1.17. The predicted octanol–water partition coefficient (Wildman–Crippen LogP) is 3.53. The number of para-hydroxylation sites is 1. The lowest BCUT2D eigenvalue weighted by Gasteiger charge is -2.43. The number of anilines is 1. The first kappa shape index (κ1) is 29.5. The highest BCUT2D eigenvalue weighted by atomic mass is 35.5. The first-order chi connectivity index (χ1) is 19.2. The first-order valence-corrected chi connectivity index (χ1v) is 13.9. The predicted molar refractivity (Wildman–Crippen MR) is 152 cm³/mol. The maximum atomic E-state index is 13.6. The smallest absolute Gasteiger partial charge is 0.330 e. The van der Waals surface area contributed by atoms with E-state index in [9.17, 15) is 19.2 Å². The Morgan fingerprint density at radius 3 is 2.27 bits per heavy atom. The third-order valence-corrected chi connectivity index (χ3v) is 8.02. The van der Waals surface area contributed by atoms with Gasteiger partial charge in [-0.3, -0.25) is 9.59 Å². The zero-order chi connectivity index (χ0) is 28.9. The second kappa shape index (κ2) is 12.8. The molecule has 0 bridgehead atoms. The van der Waals surface area contributed by atoms with Crippen LogP contribution < -0.4 is 15.5 Å². The largest absolute Gasteiger partial charge is 0.467 e. The monoisotopic (exact) mass is 589 g/mol. The van der Waals surface area contributed by atoms with E-state index in [2.05, 4.69) is 15.5 Å². The van der Waals surface area contributed by atoms with Crippen molar-refractivity contribution in [3.05, 3.63) is 64.1 Å². The summed E-state index contributed by atoms with van der Waals surface area (Å²) in [5.74, 6) is -1.32. The Balaban J connectivity index is 1.40. The molecule has 2 heterocycles. The van der Waals surface area contributed by atoms with Gasteiger partial charge in [-0.25, -0.2) is 9.59 Å². The van der Waals surface area contributed by atoms with E-state index >= 15 is 0 Å². The number of esters is 1. The molecule has 1 atom stereocenters. The van der Waals surface area contributed by atoms with Crippen molar-refractivity contribution in [1.82, 2.24) is 20.4 Å². The van der Waals surface area contributed by atoms with Crippen LogP contribution in [0.25, 0.3) is 0 Å². The van der Waals surface area contributed by atoms with Gasteiger partial charge in [0.1, 0.15) is 11.6 Å². The maximum Gasteiger partial charge on any atom is 0.330 e. The van der Waals surface area contributed by atoms with Gasteiger partial charge < -0.3 is 30.1 Å². The fourth-order valence-electron chi connectivity index (χ4n) is 5.30. The van der Waals surface area contributed by atoms with E-state index in [4.69, 9.17) is 27.9 Å². The quantitative estimate of drug-likeness (QED) is 0.456. The summed E-state index contributed by atoms with van der Waals surface area (Å²) in [5.41, 5.74) is 0.278. The summed E-state index contributed by atoms with van der Waals surface area (Å²) < 4.78 is 4.81. The second-order valence-electron chi connectivity index (χ2n) is 9.82. The molecule has 4 amide bonds. The Hall–Kier alpha value is -3.50. The standard InChI is InChI=1S/C28H33Cl2N5O5/c1-3-14-34-18-35(19-8-5-4-6-9-19)28(26(34)38)12-15-33(16-13-28)27(39)31-17-22(25(37)40-2)32-24(36)23-20(29)10-7-11-21(23)30/h4-11,22H,3,12-18H2,1-2H3,(H,31,39)(H,32,36). The fraction of sp³-hybridized carbons (Fsp3) is 0.429. The molecule has 0 aromatic heterocycles. The third-order valence-electron chi connectivity index (χ3n) is 7.39. The van der Waals surface area contributed by atoms with Crippen LogP contribution in [-0.4, -0.2) is 85.2 Å². The van der Waals surface area contributed by atoms with E-state index in [0.717, 1.165) is 12.1 Å². The fourth-order valence-corrected chi connectivity index (χ4v) is 5.87. The zero-order valence-corrected chi connectivity index (χ0v) is 24.0. The van der Waals surface area contributed by atoms with Crippen LogP contribution in [0.3, 0.4) is 0 Å². The molecule has 214 valence electrons. The molecule has 2 aromatic rings. The van der Waals surface area contributed by atoms with Gasteiger partial charge >= 0.3 is 12.0 Å². The molecular formula is C28H33Cl2N5O5.